The maximum atomic E-state index is 14.2. The molecular formula is C20H21BrFN5O. The summed E-state index contributed by atoms with van der Waals surface area (Å²) in [5.41, 5.74) is 1.54. The van der Waals surface area contributed by atoms with Crippen LogP contribution in [-0.2, 0) is 0 Å². The maximum Gasteiger partial charge on any atom is 0.225 e. The van der Waals surface area contributed by atoms with E-state index < -0.39 is 5.82 Å². The highest BCUT2D eigenvalue weighted by atomic mass is 79.9. The molecule has 28 heavy (non-hydrogen) atoms. The number of benzene rings is 1. The van der Waals surface area contributed by atoms with E-state index in [0.717, 1.165) is 0 Å². The molecule has 6 nitrogen and oxygen atoms in total. The molecule has 8 heteroatoms. The van der Waals surface area contributed by atoms with Crippen LogP contribution in [0.5, 0.6) is 0 Å². The van der Waals surface area contributed by atoms with Crippen molar-refractivity contribution in [2.45, 2.75) is 19.9 Å². The van der Waals surface area contributed by atoms with Gasteiger partial charge >= 0.3 is 0 Å². The predicted octanol–water partition coefficient (Wildman–Crippen LogP) is 4.61. The first kappa shape index (κ1) is 20.2. The number of hydrogen-bond donors (Lipinski definition) is 3. The summed E-state index contributed by atoms with van der Waals surface area (Å²) in [6.07, 6.45) is 1.68. The molecule has 0 bridgehead atoms. The average molecular weight is 446 g/mol. The fourth-order valence-electron chi connectivity index (χ4n) is 2.54. The predicted molar refractivity (Wildman–Crippen MR) is 112 cm³/mol. The van der Waals surface area contributed by atoms with Crippen molar-refractivity contribution in [3.05, 3.63) is 59.0 Å². The fraction of sp³-hybridized carbons (Fsp3) is 0.250. The molecule has 3 aromatic rings. The van der Waals surface area contributed by atoms with Crippen molar-refractivity contribution >= 4 is 33.4 Å². The number of nitrogens with zero attached hydrogens (tertiary/aromatic N) is 3. The van der Waals surface area contributed by atoms with Gasteiger partial charge in [-0.1, -0.05) is 35.8 Å². The number of nitrogens with one attached hydrogen (secondary N) is 2. The van der Waals surface area contributed by atoms with E-state index >= 15 is 0 Å². The second-order valence-corrected chi connectivity index (χ2v) is 7.52. The number of aliphatic hydroxyl groups is 1. The van der Waals surface area contributed by atoms with Gasteiger partial charge in [0.15, 0.2) is 0 Å². The van der Waals surface area contributed by atoms with Gasteiger partial charge in [0.2, 0.25) is 5.95 Å². The SMILES string of the molecule is CC(C)[C@H](CO)Nc1nc(Nc2ccc(Br)cc2F)cc(-c2ccccn2)n1. The molecule has 0 unspecified atom stereocenters. The molecule has 2 aromatic heterocycles. The zero-order valence-corrected chi connectivity index (χ0v) is 17.1. The van der Waals surface area contributed by atoms with Crippen molar-refractivity contribution in [3.8, 4) is 11.4 Å². The highest BCUT2D eigenvalue weighted by Gasteiger charge is 2.16. The summed E-state index contributed by atoms with van der Waals surface area (Å²) in [7, 11) is 0. The Bertz CT molecular complexity index is 939. The van der Waals surface area contributed by atoms with Crippen LogP contribution < -0.4 is 10.6 Å². The van der Waals surface area contributed by atoms with E-state index in [1.54, 1.807) is 24.4 Å². The molecule has 1 atom stereocenters. The Hall–Kier alpha value is -2.58. The van der Waals surface area contributed by atoms with E-state index in [-0.39, 0.29) is 18.6 Å². The van der Waals surface area contributed by atoms with Gasteiger partial charge in [-0.05, 0) is 36.2 Å². The largest absolute Gasteiger partial charge is 0.394 e. The molecule has 0 amide bonds. The Morgan fingerprint density at radius 2 is 1.93 bits per heavy atom. The first-order valence-corrected chi connectivity index (χ1v) is 9.65. The summed E-state index contributed by atoms with van der Waals surface area (Å²) in [6.45, 7) is 3.93. The van der Waals surface area contributed by atoms with Crippen molar-refractivity contribution < 1.29 is 9.50 Å². The third kappa shape index (κ3) is 5.02. The average Bonchev–Trinajstić information content (AvgIpc) is 2.68. The number of hydrogen-bond acceptors (Lipinski definition) is 6. The lowest BCUT2D eigenvalue weighted by atomic mass is 10.1. The van der Waals surface area contributed by atoms with Crippen LogP contribution in [-0.4, -0.2) is 32.7 Å². The molecule has 0 fully saturated rings. The number of pyridine rings is 1. The second kappa shape index (κ2) is 9.07. The van der Waals surface area contributed by atoms with Gasteiger partial charge in [-0.2, -0.15) is 4.98 Å². The van der Waals surface area contributed by atoms with E-state index in [1.807, 2.05) is 32.0 Å². The summed E-state index contributed by atoms with van der Waals surface area (Å²) >= 11 is 3.25. The summed E-state index contributed by atoms with van der Waals surface area (Å²) in [5, 5.41) is 15.8. The van der Waals surface area contributed by atoms with Gasteiger partial charge in [0, 0.05) is 16.7 Å². The topological polar surface area (TPSA) is 83.0 Å². The molecule has 0 aliphatic rings. The van der Waals surface area contributed by atoms with E-state index in [4.69, 9.17) is 0 Å². The lowest BCUT2D eigenvalue weighted by Gasteiger charge is -2.20. The molecule has 0 spiro atoms. The van der Waals surface area contributed by atoms with Gasteiger partial charge in [-0.15, -0.1) is 0 Å². The summed E-state index contributed by atoms with van der Waals surface area (Å²) in [5.74, 6) is 0.514. The molecule has 2 heterocycles. The third-order valence-electron chi connectivity index (χ3n) is 4.16. The van der Waals surface area contributed by atoms with Crippen LogP contribution in [0.4, 0.5) is 21.8 Å². The number of halogens is 2. The molecule has 0 aliphatic heterocycles. The third-order valence-corrected chi connectivity index (χ3v) is 4.66. The van der Waals surface area contributed by atoms with Crippen molar-refractivity contribution in [2.24, 2.45) is 5.92 Å². The van der Waals surface area contributed by atoms with Crippen LogP contribution in [0.25, 0.3) is 11.4 Å². The van der Waals surface area contributed by atoms with Crippen LogP contribution >= 0.6 is 15.9 Å². The Morgan fingerprint density at radius 3 is 2.57 bits per heavy atom. The van der Waals surface area contributed by atoms with E-state index in [9.17, 15) is 9.50 Å². The quantitative estimate of drug-likeness (QED) is 0.492. The fourth-order valence-corrected chi connectivity index (χ4v) is 2.87. The van der Waals surface area contributed by atoms with Crippen LogP contribution in [0.3, 0.4) is 0 Å². The molecule has 0 saturated heterocycles. The van der Waals surface area contributed by atoms with Gasteiger partial charge in [-0.25, -0.2) is 9.37 Å². The van der Waals surface area contributed by atoms with Crippen LogP contribution in [0.1, 0.15) is 13.8 Å². The van der Waals surface area contributed by atoms with Gasteiger partial charge in [0.1, 0.15) is 11.6 Å². The Balaban J connectivity index is 1.99. The standard InChI is InChI=1S/C20H21BrFN5O/c1-12(2)18(11-28)26-20-25-17(16-5-3-4-8-23-16)10-19(27-20)24-15-7-6-13(21)9-14(15)22/h3-10,12,18,28H,11H2,1-2H3,(H2,24,25,26,27)/t18-/m0/s1. The van der Waals surface area contributed by atoms with Crippen LogP contribution in [0.15, 0.2) is 53.1 Å². The number of aromatic nitrogens is 3. The zero-order valence-electron chi connectivity index (χ0n) is 15.5. The summed E-state index contributed by atoms with van der Waals surface area (Å²) in [4.78, 5) is 13.3. The first-order chi connectivity index (χ1) is 13.5. The van der Waals surface area contributed by atoms with Crippen LogP contribution in [0, 0.1) is 11.7 Å². The smallest absolute Gasteiger partial charge is 0.225 e. The Morgan fingerprint density at radius 1 is 1.11 bits per heavy atom. The molecular weight excluding hydrogens is 425 g/mol. The van der Waals surface area contributed by atoms with Gasteiger partial charge in [0.05, 0.1) is 29.7 Å². The molecule has 3 rings (SSSR count). The first-order valence-electron chi connectivity index (χ1n) is 8.86. The molecule has 0 aliphatic carbocycles. The molecule has 0 radical (unpaired) electrons. The van der Waals surface area contributed by atoms with Crippen molar-refractivity contribution in [2.75, 3.05) is 17.2 Å². The van der Waals surface area contributed by atoms with Gasteiger partial charge in [0.25, 0.3) is 0 Å². The number of anilines is 3. The highest BCUT2D eigenvalue weighted by molar-refractivity contribution is 9.10. The highest BCUT2D eigenvalue weighted by Crippen LogP contribution is 2.26. The van der Waals surface area contributed by atoms with E-state index in [2.05, 4.69) is 41.5 Å². The minimum Gasteiger partial charge on any atom is -0.394 e. The molecule has 1 aromatic carbocycles. The van der Waals surface area contributed by atoms with Crippen molar-refractivity contribution in [1.29, 1.82) is 0 Å². The molecule has 0 saturated carbocycles. The van der Waals surface area contributed by atoms with E-state index in [0.29, 0.717) is 33.3 Å². The number of aliphatic hydroxyl groups excluding tert-OH is 1. The Labute approximate surface area is 171 Å². The van der Waals surface area contributed by atoms with Crippen molar-refractivity contribution in [3.63, 3.8) is 0 Å². The minimum atomic E-state index is -0.405. The Kier molecular flexibility index (Phi) is 6.53. The summed E-state index contributed by atoms with van der Waals surface area (Å²) in [6, 6.07) is 11.8. The summed E-state index contributed by atoms with van der Waals surface area (Å²) < 4.78 is 14.9. The maximum absolute atomic E-state index is 14.2. The zero-order chi connectivity index (χ0) is 20.1. The second-order valence-electron chi connectivity index (χ2n) is 6.60. The monoisotopic (exact) mass is 445 g/mol. The van der Waals surface area contributed by atoms with E-state index in [1.165, 1.54) is 6.07 Å². The normalized spacial score (nSPS) is 12.1. The minimum absolute atomic E-state index is 0.0566. The molecule has 146 valence electrons. The lowest BCUT2D eigenvalue weighted by Crippen LogP contribution is -2.30. The van der Waals surface area contributed by atoms with Crippen LogP contribution in [0.2, 0.25) is 0 Å². The molecule has 3 N–H and O–H groups in total. The van der Waals surface area contributed by atoms with Crippen molar-refractivity contribution in [1.82, 2.24) is 15.0 Å². The lowest BCUT2D eigenvalue weighted by molar-refractivity contribution is 0.248. The van der Waals surface area contributed by atoms with Gasteiger partial charge < -0.3 is 15.7 Å². The number of rotatable bonds is 7. The van der Waals surface area contributed by atoms with Gasteiger partial charge in [-0.3, -0.25) is 4.98 Å².